The zero-order chi connectivity index (χ0) is 14.0. The lowest BCUT2D eigenvalue weighted by molar-refractivity contribution is 0.391. The molecular weight excluding hydrogens is 392 g/mol. The largest absolute Gasteiger partial charge is 0.497 e. The van der Waals surface area contributed by atoms with Crippen LogP contribution in [0.25, 0.3) is 0 Å². The molecule has 0 fully saturated rings. The fraction of sp³-hybridized carbons (Fsp3) is 0.286. The molecule has 5 heteroatoms. The lowest BCUT2D eigenvalue weighted by Crippen LogP contribution is -1.96. The topological polar surface area (TPSA) is 18.5 Å². The zero-order valence-corrected chi connectivity index (χ0v) is 14.9. The van der Waals surface area contributed by atoms with Gasteiger partial charge in [-0.3, -0.25) is 0 Å². The van der Waals surface area contributed by atoms with E-state index in [0.29, 0.717) is 0 Å². The summed E-state index contributed by atoms with van der Waals surface area (Å²) in [6.45, 7) is 2.09. The third-order valence-corrected chi connectivity index (χ3v) is 6.33. The Morgan fingerprint density at radius 1 is 1.16 bits per heavy atom. The Hall–Kier alpha value is -0.520. The summed E-state index contributed by atoms with van der Waals surface area (Å²) < 4.78 is 11.8. The Labute approximate surface area is 134 Å². The molecule has 19 heavy (non-hydrogen) atoms. The third kappa shape index (κ3) is 3.15. The van der Waals surface area contributed by atoms with Gasteiger partial charge in [-0.2, -0.15) is 0 Å². The lowest BCUT2D eigenvalue weighted by atomic mass is 10.1. The summed E-state index contributed by atoms with van der Waals surface area (Å²) in [6.07, 6.45) is 0. The van der Waals surface area contributed by atoms with Crippen molar-refractivity contribution >= 4 is 43.2 Å². The van der Waals surface area contributed by atoms with Crippen LogP contribution in [-0.4, -0.2) is 14.2 Å². The molecule has 0 spiro atoms. The minimum atomic E-state index is 0.114. The van der Waals surface area contributed by atoms with Crippen molar-refractivity contribution in [3.8, 4) is 11.5 Å². The number of halogens is 2. The van der Waals surface area contributed by atoms with Crippen molar-refractivity contribution in [2.45, 2.75) is 11.8 Å². The second-order valence-corrected chi connectivity index (χ2v) is 7.39. The van der Waals surface area contributed by atoms with Gasteiger partial charge in [-0.05, 0) is 40.5 Å². The van der Waals surface area contributed by atoms with Gasteiger partial charge in [0.2, 0.25) is 0 Å². The van der Waals surface area contributed by atoms with Crippen molar-refractivity contribution in [1.29, 1.82) is 0 Å². The number of methoxy groups -OCH3 is 2. The molecule has 2 nitrogen and oxygen atoms in total. The number of benzene rings is 1. The van der Waals surface area contributed by atoms with E-state index in [0.717, 1.165) is 17.1 Å². The van der Waals surface area contributed by atoms with Gasteiger partial charge in [0, 0.05) is 16.5 Å². The minimum Gasteiger partial charge on any atom is -0.497 e. The van der Waals surface area contributed by atoms with Crippen molar-refractivity contribution in [3.05, 3.63) is 44.1 Å². The number of rotatable bonds is 4. The molecule has 0 amide bonds. The molecular formula is C14H14Br2O2S. The number of hydrogen-bond donors (Lipinski definition) is 0. The molecule has 1 heterocycles. The van der Waals surface area contributed by atoms with Crippen LogP contribution < -0.4 is 9.47 Å². The molecule has 0 saturated heterocycles. The third-order valence-electron chi connectivity index (χ3n) is 2.84. The van der Waals surface area contributed by atoms with Crippen molar-refractivity contribution in [3.63, 3.8) is 0 Å². The Morgan fingerprint density at radius 3 is 2.42 bits per heavy atom. The first-order chi connectivity index (χ1) is 9.06. The molecule has 0 saturated carbocycles. The van der Waals surface area contributed by atoms with E-state index in [9.17, 15) is 0 Å². The van der Waals surface area contributed by atoms with Gasteiger partial charge in [0.1, 0.15) is 11.5 Å². The van der Waals surface area contributed by atoms with E-state index in [1.54, 1.807) is 25.6 Å². The Bertz CT molecular complexity index is 561. The fourth-order valence-electron chi connectivity index (χ4n) is 1.79. The molecule has 2 aromatic rings. The van der Waals surface area contributed by atoms with Crippen molar-refractivity contribution in [2.75, 3.05) is 14.2 Å². The Balaban J connectivity index is 2.40. The molecule has 0 aliphatic carbocycles. The van der Waals surface area contributed by atoms with E-state index in [4.69, 9.17) is 9.47 Å². The molecule has 0 aliphatic heterocycles. The van der Waals surface area contributed by atoms with Crippen LogP contribution >= 0.6 is 43.2 Å². The average molecular weight is 406 g/mol. The molecule has 0 N–H and O–H groups in total. The summed E-state index contributed by atoms with van der Waals surface area (Å²) >= 11 is 9.04. The predicted octanol–water partition coefficient (Wildman–Crippen LogP) is 5.32. The van der Waals surface area contributed by atoms with E-state index in [1.165, 1.54) is 14.2 Å². The molecule has 1 aromatic heterocycles. The summed E-state index contributed by atoms with van der Waals surface area (Å²) in [5.74, 6) is 1.62. The van der Waals surface area contributed by atoms with E-state index >= 15 is 0 Å². The van der Waals surface area contributed by atoms with E-state index in [1.807, 2.05) is 18.2 Å². The highest BCUT2D eigenvalue weighted by Gasteiger charge is 2.18. The molecule has 1 unspecified atom stereocenters. The number of thiophene rings is 1. The maximum atomic E-state index is 5.45. The first-order valence-electron chi connectivity index (χ1n) is 5.68. The number of alkyl halides is 1. The highest BCUT2D eigenvalue weighted by atomic mass is 79.9. The number of hydrogen-bond acceptors (Lipinski definition) is 3. The van der Waals surface area contributed by atoms with Gasteiger partial charge >= 0.3 is 0 Å². The highest BCUT2D eigenvalue weighted by molar-refractivity contribution is 9.11. The van der Waals surface area contributed by atoms with Gasteiger partial charge in [0.25, 0.3) is 0 Å². The first kappa shape index (κ1) is 14.9. The Morgan fingerprint density at radius 2 is 1.89 bits per heavy atom. The number of ether oxygens (including phenoxy) is 2. The molecule has 102 valence electrons. The second-order valence-electron chi connectivity index (χ2n) is 4.08. The van der Waals surface area contributed by atoms with Gasteiger partial charge in [0.05, 0.1) is 22.8 Å². The van der Waals surface area contributed by atoms with E-state index < -0.39 is 0 Å². The summed E-state index contributed by atoms with van der Waals surface area (Å²) in [4.78, 5) is 1.36. The summed E-state index contributed by atoms with van der Waals surface area (Å²) in [5.41, 5.74) is 2.34. The van der Waals surface area contributed by atoms with Crippen LogP contribution in [0.3, 0.4) is 0 Å². The normalized spacial score (nSPS) is 12.3. The van der Waals surface area contributed by atoms with E-state index in [-0.39, 0.29) is 4.83 Å². The van der Waals surface area contributed by atoms with Crippen LogP contribution in [0.15, 0.2) is 28.1 Å². The maximum Gasteiger partial charge on any atom is 0.127 e. The SMILES string of the molecule is COc1ccc(C(Br)c2cc(C)c(Br)s2)c(OC)c1. The van der Waals surface area contributed by atoms with Crippen LogP contribution in [0.2, 0.25) is 0 Å². The van der Waals surface area contributed by atoms with Crippen molar-refractivity contribution in [2.24, 2.45) is 0 Å². The molecule has 0 bridgehead atoms. The molecule has 2 rings (SSSR count). The first-order valence-corrected chi connectivity index (χ1v) is 8.21. The van der Waals surface area contributed by atoms with Gasteiger partial charge < -0.3 is 9.47 Å². The second kappa shape index (κ2) is 6.29. The fourth-order valence-corrected chi connectivity index (χ4v) is 4.15. The quantitative estimate of drug-likeness (QED) is 0.640. The van der Waals surface area contributed by atoms with Gasteiger partial charge in [-0.15, -0.1) is 11.3 Å². The van der Waals surface area contributed by atoms with Gasteiger partial charge in [0.15, 0.2) is 0 Å². The van der Waals surface area contributed by atoms with Crippen molar-refractivity contribution in [1.82, 2.24) is 0 Å². The van der Waals surface area contributed by atoms with Crippen LogP contribution in [0.1, 0.15) is 20.8 Å². The molecule has 0 radical (unpaired) electrons. The van der Waals surface area contributed by atoms with Crippen LogP contribution in [0.5, 0.6) is 11.5 Å². The zero-order valence-electron chi connectivity index (χ0n) is 10.9. The summed E-state index contributed by atoms with van der Waals surface area (Å²) in [7, 11) is 3.33. The van der Waals surface area contributed by atoms with Crippen LogP contribution in [0.4, 0.5) is 0 Å². The Kier molecular flexibility index (Phi) is 4.92. The van der Waals surface area contributed by atoms with Crippen LogP contribution in [-0.2, 0) is 0 Å². The smallest absolute Gasteiger partial charge is 0.127 e. The lowest BCUT2D eigenvalue weighted by Gasteiger charge is -2.14. The maximum absolute atomic E-state index is 5.45. The summed E-state index contributed by atoms with van der Waals surface area (Å²) in [5, 5.41) is 0. The molecule has 0 aliphatic rings. The molecule has 1 atom stereocenters. The predicted molar refractivity (Wildman–Crippen MR) is 87.1 cm³/mol. The summed E-state index contributed by atoms with van der Waals surface area (Å²) in [6, 6.07) is 8.05. The van der Waals surface area contributed by atoms with E-state index in [2.05, 4.69) is 44.8 Å². The standard InChI is InChI=1S/C14H14Br2O2S/c1-8-6-12(19-14(8)16)13(15)10-5-4-9(17-2)7-11(10)18-3/h4-7,13H,1-3H3. The molecule has 1 aromatic carbocycles. The average Bonchev–Trinajstić information content (AvgIpc) is 2.77. The minimum absolute atomic E-state index is 0.114. The monoisotopic (exact) mass is 404 g/mol. The van der Waals surface area contributed by atoms with Gasteiger partial charge in [-0.25, -0.2) is 0 Å². The van der Waals surface area contributed by atoms with Crippen LogP contribution in [0, 0.1) is 6.92 Å². The number of aryl methyl sites for hydroxylation is 1. The highest BCUT2D eigenvalue weighted by Crippen LogP contribution is 2.42. The van der Waals surface area contributed by atoms with Crippen molar-refractivity contribution < 1.29 is 9.47 Å². The van der Waals surface area contributed by atoms with Gasteiger partial charge in [-0.1, -0.05) is 22.0 Å².